The van der Waals surface area contributed by atoms with Crippen LogP contribution in [0.4, 0.5) is 0 Å². The van der Waals surface area contributed by atoms with E-state index >= 15 is 0 Å². The predicted molar refractivity (Wildman–Crippen MR) is 38.2 cm³/mol. The fourth-order valence-electron chi connectivity index (χ4n) is 0.671. The maximum absolute atomic E-state index is 8.96. The van der Waals surface area contributed by atoms with Crippen LogP contribution in [-0.4, -0.2) is 68.3 Å². The summed E-state index contributed by atoms with van der Waals surface area (Å²) in [6.07, 6.45) is -6.39. The zero-order valence-electron chi connectivity index (χ0n) is 6.41. The number of aliphatic hydroxyl groups is 6. The molecule has 0 amide bonds. The Hall–Kier alpha value is -0.240. The molecule has 0 aliphatic carbocycles. The number of hydrogen-bond acceptors (Lipinski definition) is 6. The van der Waals surface area contributed by atoms with Gasteiger partial charge in [-0.2, -0.15) is 0 Å². The molecule has 0 aliphatic heterocycles. The van der Waals surface area contributed by atoms with Gasteiger partial charge in [0.15, 0.2) is 0 Å². The van der Waals surface area contributed by atoms with E-state index in [0.717, 1.165) is 0 Å². The molecule has 74 valence electrons. The van der Waals surface area contributed by atoms with E-state index in [-0.39, 0.29) is 0 Å². The van der Waals surface area contributed by atoms with Crippen molar-refractivity contribution in [1.29, 1.82) is 0 Å². The zero-order valence-corrected chi connectivity index (χ0v) is 6.41. The van der Waals surface area contributed by atoms with Gasteiger partial charge in [0.05, 0.1) is 13.2 Å². The van der Waals surface area contributed by atoms with Crippen LogP contribution < -0.4 is 0 Å². The Morgan fingerprint density at radius 3 is 1.08 bits per heavy atom. The van der Waals surface area contributed by atoms with E-state index in [2.05, 4.69) is 0 Å². The molecule has 0 radical (unpaired) electrons. The molecule has 0 aliphatic rings. The van der Waals surface area contributed by atoms with Gasteiger partial charge in [0.1, 0.15) is 24.4 Å². The minimum atomic E-state index is -1.67. The van der Waals surface area contributed by atoms with Crippen LogP contribution in [0, 0.1) is 0 Å². The van der Waals surface area contributed by atoms with Crippen molar-refractivity contribution in [3.8, 4) is 0 Å². The van der Waals surface area contributed by atoms with Crippen LogP contribution >= 0.6 is 0 Å². The molecule has 0 aromatic heterocycles. The third-order valence-corrected chi connectivity index (χ3v) is 1.51. The summed E-state index contributed by atoms with van der Waals surface area (Å²) in [6, 6.07) is 0. The molecule has 0 fully saturated rings. The lowest BCUT2D eigenvalue weighted by molar-refractivity contribution is -0.123. The first kappa shape index (κ1) is 11.8. The van der Waals surface area contributed by atoms with E-state index < -0.39 is 37.6 Å². The molecule has 0 unspecified atom stereocenters. The quantitative estimate of drug-likeness (QED) is 0.248. The SMILES string of the molecule is O[13CH2][13C@@H](O)[13C@@H](O)[13C@@H](O)[13C@@H](O)[13CH2]O. The highest BCUT2D eigenvalue weighted by molar-refractivity contribution is 4.79. The summed E-state index contributed by atoms with van der Waals surface area (Å²) in [4.78, 5) is 0. The highest BCUT2D eigenvalue weighted by Gasteiger charge is 2.29. The van der Waals surface area contributed by atoms with Crippen LogP contribution in [0.1, 0.15) is 0 Å². The molecule has 0 aromatic rings. The predicted octanol–water partition coefficient (Wildman–Crippen LogP) is -3.59. The largest absolute Gasteiger partial charge is 0.394 e. The first-order valence-electron chi connectivity index (χ1n) is 3.48. The van der Waals surface area contributed by atoms with Crippen molar-refractivity contribution in [2.24, 2.45) is 0 Å². The van der Waals surface area contributed by atoms with Gasteiger partial charge in [-0.3, -0.25) is 0 Å². The summed E-state index contributed by atoms with van der Waals surface area (Å²) in [7, 11) is 0. The fourth-order valence-corrected chi connectivity index (χ4v) is 0.671. The second-order valence-electron chi connectivity index (χ2n) is 2.48. The molecule has 6 heteroatoms. The Labute approximate surface area is 69.3 Å². The van der Waals surface area contributed by atoms with Gasteiger partial charge in [-0.05, 0) is 0 Å². The lowest BCUT2D eigenvalue weighted by atomic mass is 11.0. The Morgan fingerprint density at radius 1 is 0.667 bits per heavy atom. The number of rotatable bonds is 5. The van der Waals surface area contributed by atoms with Crippen molar-refractivity contribution in [3.63, 3.8) is 0 Å². The maximum atomic E-state index is 8.96. The van der Waals surface area contributed by atoms with Crippen LogP contribution in [0.5, 0.6) is 0 Å². The topological polar surface area (TPSA) is 121 Å². The van der Waals surface area contributed by atoms with Crippen LogP contribution in [0.15, 0.2) is 0 Å². The molecule has 6 N–H and O–H groups in total. The molecule has 0 saturated carbocycles. The maximum Gasteiger partial charge on any atom is 0.111 e. The fraction of sp³-hybridized carbons (Fsp3) is 1.00. The molecule has 0 heterocycles. The number of hydrogen-bond donors (Lipinski definition) is 6. The average Bonchev–Trinajstić information content (AvgIpc) is 2.12. The van der Waals surface area contributed by atoms with Crippen molar-refractivity contribution in [3.05, 3.63) is 0 Å². The van der Waals surface area contributed by atoms with Crippen LogP contribution in [0.2, 0.25) is 0 Å². The van der Waals surface area contributed by atoms with Gasteiger partial charge in [0, 0.05) is 0 Å². The van der Waals surface area contributed by atoms with Gasteiger partial charge in [-0.1, -0.05) is 0 Å². The summed E-state index contributed by atoms with van der Waals surface area (Å²) in [5, 5.41) is 52.2. The lowest BCUT2D eigenvalue weighted by Crippen LogP contribution is -2.46. The summed E-state index contributed by atoms with van der Waals surface area (Å²) in [5.74, 6) is 0. The van der Waals surface area contributed by atoms with E-state index in [0.29, 0.717) is 0 Å². The normalized spacial score (nSPS) is 21.5. The summed E-state index contributed by atoms with van der Waals surface area (Å²) in [6.45, 7) is -1.45. The molecule has 4 atom stereocenters. The lowest BCUT2D eigenvalue weighted by Gasteiger charge is -2.24. The molecular formula is C6H14O6. The molecule has 0 spiro atoms. The molecule has 0 rings (SSSR count). The van der Waals surface area contributed by atoms with Gasteiger partial charge >= 0.3 is 0 Å². The monoisotopic (exact) mass is 188 g/mol. The summed E-state index contributed by atoms with van der Waals surface area (Å²) in [5.41, 5.74) is 0. The van der Waals surface area contributed by atoms with Crippen LogP contribution in [0.25, 0.3) is 0 Å². The van der Waals surface area contributed by atoms with Crippen molar-refractivity contribution < 1.29 is 30.6 Å². The van der Waals surface area contributed by atoms with Gasteiger partial charge in [-0.25, -0.2) is 0 Å². The third-order valence-electron chi connectivity index (χ3n) is 1.51. The molecule has 0 bridgehead atoms. The van der Waals surface area contributed by atoms with Gasteiger partial charge < -0.3 is 30.6 Å². The molecule has 6 nitrogen and oxygen atoms in total. The molecular weight excluding hydrogens is 174 g/mol. The highest BCUT2D eigenvalue weighted by atomic mass is 16.6. The highest BCUT2D eigenvalue weighted by Crippen LogP contribution is 2.03. The van der Waals surface area contributed by atoms with E-state index in [1.165, 1.54) is 0 Å². The van der Waals surface area contributed by atoms with E-state index in [4.69, 9.17) is 30.6 Å². The Balaban J connectivity index is 3.99. The third kappa shape index (κ3) is 3.02. The summed E-state index contributed by atoms with van der Waals surface area (Å²) < 4.78 is 0. The molecule has 12 heavy (non-hydrogen) atoms. The zero-order chi connectivity index (χ0) is 9.72. The molecule has 0 aromatic carbocycles. The van der Waals surface area contributed by atoms with Crippen molar-refractivity contribution in [2.45, 2.75) is 24.4 Å². The van der Waals surface area contributed by atoms with Gasteiger partial charge in [0.2, 0.25) is 0 Å². The van der Waals surface area contributed by atoms with Crippen molar-refractivity contribution in [2.75, 3.05) is 13.2 Å². The minimum absolute atomic E-state index is 0.726. The van der Waals surface area contributed by atoms with E-state index in [9.17, 15) is 0 Å². The first-order chi connectivity index (χ1) is 5.54. The van der Waals surface area contributed by atoms with E-state index in [1.54, 1.807) is 0 Å². The number of aliphatic hydroxyl groups excluding tert-OH is 6. The Morgan fingerprint density at radius 2 is 0.917 bits per heavy atom. The van der Waals surface area contributed by atoms with E-state index in [1.807, 2.05) is 0 Å². The standard InChI is InChI=1S/C6H14O6/c7-1-3(9)5(11)6(12)4(10)2-8/h3-12H,1-2H2/t3-,4+,5-,6+/i1+1,2+1,3+1,4+1,5+1,6+1. The Bertz CT molecular complexity index is 105. The second-order valence-corrected chi connectivity index (χ2v) is 2.48. The average molecular weight is 188 g/mol. The van der Waals surface area contributed by atoms with Crippen LogP contribution in [-0.2, 0) is 0 Å². The van der Waals surface area contributed by atoms with Crippen molar-refractivity contribution >= 4 is 0 Å². The van der Waals surface area contributed by atoms with Crippen molar-refractivity contribution in [1.82, 2.24) is 0 Å². The molecule has 0 saturated heterocycles. The summed E-state index contributed by atoms with van der Waals surface area (Å²) >= 11 is 0. The second kappa shape index (κ2) is 5.41. The van der Waals surface area contributed by atoms with Gasteiger partial charge in [0.25, 0.3) is 0 Å². The smallest absolute Gasteiger partial charge is 0.111 e. The van der Waals surface area contributed by atoms with Gasteiger partial charge in [-0.15, -0.1) is 0 Å². The Kier molecular flexibility index (Phi) is 5.31. The first-order valence-corrected chi connectivity index (χ1v) is 3.48. The van der Waals surface area contributed by atoms with Crippen LogP contribution in [0.3, 0.4) is 0 Å². The minimum Gasteiger partial charge on any atom is -0.394 e.